The van der Waals surface area contributed by atoms with Crippen molar-refractivity contribution in [3.05, 3.63) is 62.8 Å². The zero-order chi connectivity index (χ0) is 20.3. The van der Waals surface area contributed by atoms with Crippen molar-refractivity contribution in [2.45, 2.75) is 20.4 Å². The van der Waals surface area contributed by atoms with Crippen LogP contribution >= 0.6 is 11.3 Å². The van der Waals surface area contributed by atoms with Crippen LogP contribution in [0, 0.1) is 0 Å². The molecule has 144 valence electrons. The molecule has 2 aromatic heterocycles. The van der Waals surface area contributed by atoms with Gasteiger partial charge >= 0.3 is 11.9 Å². The Balaban J connectivity index is 1.92. The minimum absolute atomic E-state index is 0.245. The number of thiophene rings is 1. The number of rotatable bonds is 6. The molecule has 1 aromatic carbocycles. The zero-order valence-corrected chi connectivity index (χ0v) is 16.2. The van der Waals surface area contributed by atoms with E-state index in [0.717, 1.165) is 4.88 Å². The molecule has 0 aliphatic heterocycles. The maximum atomic E-state index is 12.4. The van der Waals surface area contributed by atoms with E-state index in [1.165, 1.54) is 17.5 Å². The van der Waals surface area contributed by atoms with Crippen molar-refractivity contribution >= 4 is 45.4 Å². The average Bonchev–Trinajstić information content (AvgIpc) is 3.12. The van der Waals surface area contributed by atoms with E-state index in [1.807, 2.05) is 6.92 Å². The molecule has 0 saturated carbocycles. The third kappa shape index (κ3) is 3.86. The number of esters is 1. The first-order valence-electron chi connectivity index (χ1n) is 8.66. The number of nitrogens with zero attached hydrogens (tertiary/aromatic N) is 2. The molecule has 7 nitrogen and oxygen atoms in total. The predicted octanol–water partition coefficient (Wildman–Crippen LogP) is 3.71. The number of aromatic nitrogens is 1. The lowest BCUT2D eigenvalue weighted by Gasteiger charge is -2.05. The summed E-state index contributed by atoms with van der Waals surface area (Å²) in [7, 11) is 0. The highest BCUT2D eigenvalue weighted by Gasteiger charge is 2.16. The molecule has 3 aromatic rings. The summed E-state index contributed by atoms with van der Waals surface area (Å²) in [5.41, 5.74) is 0.346. The number of fused-ring (bicyclic) bond motifs is 1. The van der Waals surface area contributed by atoms with Crippen LogP contribution < -0.4 is 5.43 Å². The first kappa shape index (κ1) is 19.5. The number of hydrogen-bond acceptors (Lipinski definition) is 6. The van der Waals surface area contributed by atoms with E-state index in [9.17, 15) is 19.5 Å². The van der Waals surface area contributed by atoms with Gasteiger partial charge in [0.05, 0.1) is 23.2 Å². The fraction of sp³-hybridized carbons (Fsp3) is 0.200. The number of hydrogen-bond donors (Lipinski definition) is 1. The fourth-order valence-electron chi connectivity index (χ4n) is 2.68. The highest BCUT2D eigenvalue weighted by Crippen LogP contribution is 2.24. The Morgan fingerprint density at radius 1 is 1.25 bits per heavy atom. The Labute approximate surface area is 164 Å². The molecule has 0 aliphatic carbocycles. The summed E-state index contributed by atoms with van der Waals surface area (Å²) in [5, 5.41) is 9.60. The highest BCUT2D eigenvalue weighted by atomic mass is 32.1. The number of benzene rings is 1. The molecule has 8 heteroatoms. The highest BCUT2D eigenvalue weighted by molar-refractivity contribution is 7.20. The minimum atomic E-state index is -1.24. The largest absolute Gasteiger partial charge is 0.477 e. The first-order valence-corrected chi connectivity index (χ1v) is 9.47. The van der Waals surface area contributed by atoms with Crippen molar-refractivity contribution in [3.63, 3.8) is 0 Å². The van der Waals surface area contributed by atoms with Gasteiger partial charge in [0, 0.05) is 23.8 Å². The number of carboxylic acids is 1. The van der Waals surface area contributed by atoms with Gasteiger partial charge in [-0.3, -0.25) is 9.79 Å². The Morgan fingerprint density at radius 3 is 2.57 bits per heavy atom. The summed E-state index contributed by atoms with van der Waals surface area (Å²) in [5.74, 6) is -1.62. The second-order valence-electron chi connectivity index (χ2n) is 5.86. The Bertz CT molecular complexity index is 1130. The van der Waals surface area contributed by atoms with Crippen LogP contribution in [-0.2, 0) is 11.3 Å². The zero-order valence-electron chi connectivity index (χ0n) is 15.3. The third-order valence-electron chi connectivity index (χ3n) is 4.06. The van der Waals surface area contributed by atoms with Gasteiger partial charge in [-0.1, -0.05) is 0 Å². The summed E-state index contributed by atoms with van der Waals surface area (Å²) in [6, 6.07) is 8.32. The molecule has 1 N–H and O–H groups in total. The Hall–Kier alpha value is -3.26. The number of aromatic carboxylic acids is 1. The van der Waals surface area contributed by atoms with Crippen LogP contribution in [0.15, 0.2) is 46.3 Å². The first-order chi connectivity index (χ1) is 13.4. The van der Waals surface area contributed by atoms with E-state index in [0.29, 0.717) is 34.6 Å². The van der Waals surface area contributed by atoms with Crippen LogP contribution in [0.3, 0.4) is 0 Å². The number of aliphatic imine (C=N–C) groups is 1. The summed E-state index contributed by atoms with van der Waals surface area (Å²) in [6.07, 6.45) is 2.99. The van der Waals surface area contributed by atoms with Crippen molar-refractivity contribution in [3.8, 4) is 0 Å². The number of pyridine rings is 1. The van der Waals surface area contributed by atoms with Gasteiger partial charge in [-0.25, -0.2) is 9.59 Å². The minimum Gasteiger partial charge on any atom is -0.477 e. The SMILES string of the molecule is CCOC(=O)c1ccc(N=Cc2cc3c(=O)c(C(=O)O)cn(CC)c3s2)cc1. The molecule has 0 radical (unpaired) electrons. The molecule has 3 rings (SSSR count). The third-order valence-corrected chi connectivity index (χ3v) is 5.16. The van der Waals surface area contributed by atoms with E-state index in [4.69, 9.17) is 4.74 Å². The lowest BCUT2D eigenvalue weighted by atomic mass is 10.2. The maximum Gasteiger partial charge on any atom is 0.341 e. The van der Waals surface area contributed by atoms with Gasteiger partial charge < -0.3 is 14.4 Å². The number of carbonyl (C=O) groups excluding carboxylic acids is 1. The maximum absolute atomic E-state index is 12.4. The average molecular weight is 398 g/mol. The van der Waals surface area contributed by atoms with Gasteiger partial charge in [0.25, 0.3) is 0 Å². The molecule has 0 bridgehead atoms. The van der Waals surface area contributed by atoms with E-state index in [1.54, 1.807) is 48.0 Å². The summed E-state index contributed by atoms with van der Waals surface area (Å²) >= 11 is 1.36. The molecule has 0 fully saturated rings. The molecule has 28 heavy (non-hydrogen) atoms. The van der Waals surface area contributed by atoms with Crippen LogP contribution in [0.1, 0.15) is 39.4 Å². The topological polar surface area (TPSA) is 98.0 Å². The van der Waals surface area contributed by atoms with Crippen LogP contribution in [0.2, 0.25) is 0 Å². The van der Waals surface area contributed by atoms with Gasteiger partial charge in [0.1, 0.15) is 10.4 Å². The van der Waals surface area contributed by atoms with Gasteiger partial charge in [-0.2, -0.15) is 0 Å². The van der Waals surface area contributed by atoms with Crippen molar-refractivity contribution in [2.24, 2.45) is 4.99 Å². The Kier molecular flexibility index (Phi) is 5.70. The van der Waals surface area contributed by atoms with Gasteiger partial charge in [-0.15, -0.1) is 11.3 Å². The molecular formula is C20H18N2O5S. The van der Waals surface area contributed by atoms with Crippen molar-refractivity contribution in [1.29, 1.82) is 0 Å². The molecule has 0 amide bonds. The quantitative estimate of drug-likeness (QED) is 0.504. The van der Waals surface area contributed by atoms with E-state index >= 15 is 0 Å². The summed E-state index contributed by atoms with van der Waals surface area (Å²) in [4.78, 5) is 41.2. The Morgan fingerprint density at radius 2 is 1.96 bits per heavy atom. The standard InChI is InChI=1S/C20H18N2O5S/c1-3-22-11-16(19(24)25)17(23)15-9-14(28-18(15)22)10-21-13-7-5-12(6-8-13)20(26)27-4-2/h5-11H,3-4H2,1-2H3,(H,24,25). The van der Waals surface area contributed by atoms with Gasteiger partial charge in [-0.05, 0) is 44.2 Å². The number of aryl methyl sites for hydroxylation is 1. The van der Waals surface area contributed by atoms with Crippen molar-refractivity contribution in [1.82, 2.24) is 4.57 Å². The molecular weight excluding hydrogens is 380 g/mol. The van der Waals surface area contributed by atoms with Crippen LogP contribution in [0.5, 0.6) is 0 Å². The fourth-order valence-corrected chi connectivity index (χ4v) is 3.75. The molecule has 2 heterocycles. The van der Waals surface area contributed by atoms with E-state index < -0.39 is 11.4 Å². The monoisotopic (exact) mass is 398 g/mol. The molecule has 0 saturated heterocycles. The van der Waals surface area contributed by atoms with Crippen LogP contribution in [-0.4, -0.2) is 34.4 Å². The van der Waals surface area contributed by atoms with Crippen LogP contribution in [0.25, 0.3) is 10.2 Å². The number of ether oxygens (including phenoxy) is 1. The van der Waals surface area contributed by atoms with Gasteiger partial charge in [0.2, 0.25) is 5.43 Å². The summed E-state index contributed by atoms with van der Waals surface area (Å²) < 4.78 is 6.69. The van der Waals surface area contributed by atoms with E-state index in [-0.39, 0.29) is 11.5 Å². The van der Waals surface area contributed by atoms with Crippen molar-refractivity contribution < 1.29 is 19.4 Å². The van der Waals surface area contributed by atoms with E-state index in [2.05, 4.69) is 4.99 Å². The van der Waals surface area contributed by atoms with Gasteiger partial charge in [0.15, 0.2) is 0 Å². The lowest BCUT2D eigenvalue weighted by Crippen LogP contribution is -2.17. The molecule has 0 spiro atoms. The molecule has 0 unspecified atom stereocenters. The molecule has 0 aliphatic rings. The predicted molar refractivity (Wildman–Crippen MR) is 108 cm³/mol. The smallest absolute Gasteiger partial charge is 0.341 e. The number of carbonyl (C=O) groups is 2. The van der Waals surface area contributed by atoms with Crippen LogP contribution in [0.4, 0.5) is 5.69 Å². The van der Waals surface area contributed by atoms with Crippen molar-refractivity contribution in [2.75, 3.05) is 6.61 Å². The lowest BCUT2D eigenvalue weighted by molar-refractivity contribution is 0.0526. The second kappa shape index (κ2) is 8.18. The normalized spacial score (nSPS) is 11.2. The summed E-state index contributed by atoms with van der Waals surface area (Å²) in [6.45, 7) is 4.49. The number of carboxylic acid groups (broad SMARTS) is 1. The second-order valence-corrected chi connectivity index (χ2v) is 6.92. The molecule has 0 atom stereocenters.